The number of halogens is 1. The number of carbonyl (C=O) groups is 1. The van der Waals surface area contributed by atoms with Gasteiger partial charge in [0.2, 0.25) is 11.2 Å². The lowest BCUT2D eigenvalue weighted by Crippen LogP contribution is -2.38. The zero-order valence-corrected chi connectivity index (χ0v) is 12.3. The first kappa shape index (κ1) is 14.3. The Morgan fingerprint density at radius 1 is 1.25 bits per heavy atom. The van der Waals surface area contributed by atoms with Gasteiger partial charge < -0.3 is 4.90 Å². The quantitative estimate of drug-likeness (QED) is 0.678. The van der Waals surface area contributed by atoms with Gasteiger partial charge in [-0.15, -0.1) is 0 Å². The second-order valence-electron chi connectivity index (χ2n) is 4.63. The zero-order valence-electron chi connectivity index (χ0n) is 11.5. The molecule has 8 nitrogen and oxygen atoms in total. The van der Waals surface area contributed by atoms with E-state index in [1.807, 2.05) is 0 Å². The molecule has 0 fully saturated rings. The molecule has 0 atom stereocenters. The van der Waals surface area contributed by atoms with Crippen molar-refractivity contribution in [3.05, 3.63) is 26.1 Å². The molecular weight excluding hydrogens is 286 g/mol. The average Bonchev–Trinajstić information content (AvgIpc) is 2.71. The predicted molar refractivity (Wildman–Crippen MR) is 73.9 cm³/mol. The number of fused-ring (bicyclic) bond motifs is 1. The van der Waals surface area contributed by atoms with Gasteiger partial charge in [0.1, 0.15) is 6.54 Å². The highest BCUT2D eigenvalue weighted by molar-refractivity contribution is 6.29. The standard InChI is InChI=1S/C11H14ClN5O3/c1-14(2)6(18)5-17-7-8(13-10(17)12)15(3)11(20)16(4)9(7)19/h5H2,1-4H3. The Morgan fingerprint density at radius 2 is 1.85 bits per heavy atom. The number of imidazole rings is 1. The molecule has 0 saturated heterocycles. The van der Waals surface area contributed by atoms with Gasteiger partial charge in [-0.05, 0) is 11.6 Å². The number of nitrogens with zero attached hydrogens (tertiary/aromatic N) is 5. The minimum absolute atomic E-state index is 0.00602. The Hall–Kier alpha value is -2.09. The summed E-state index contributed by atoms with van der Waals surface area (Å²) in [5.41, 5.74) is -0.735. The van der Waals surface area contributed by atoms with E-state index in [2.05, 4.69) is 4.98 Å². The van der Waals surface area contributed by atoms with Crippen LogP contribution in [0.2, 0.25) is 5.28 Å². The van der Waals surface area contributed by atoms with Crippen molar-refractivity contribution in [3.8, 4) is 0 Å². The van der Waals surface area contributed by atoms with Crippen molar-refractivity contribution < 1.29 is 4.79 Å². The molecule has 2 aromatic rings. The van der Waals surface area contributed by atoms with Crippen LogP contribution in [0.1, 0.15) is 0 Å². The first-order valence-electron chi connectivity index (χ1n) is 5.77. The molecule has 2 rings (SSSR count). The maximum atomic E-state index is 12.2. The normalized spacial score (nSPS) is 11.1. The first-order chi connectivity index (χ1) is 9.25. The number of hydrogen-bond acceptors (Lipinski definition) is 4. The van der Waals surface area contributed by atoms with Gasteiger partial charge in [-0.25, -0.2) is 4.79 Å². The number of carbonyl (C=O) groups excluding carboxylic acids is 1. The SMILES string of the molecule is CN(C)C(=O)Cn1c(Cl)nc2c1c(=O)n(C)c(=O)n2C. The lowest BCUT2D eigenvalue weighted by molar-refractivity contribution is -0.129. The molecule has 0 unspecified atom stereocenters. The van der Waals surface area contributed by atoms with Crippen LogP contribution in [-0.4, -0.2) is 43.6 Å². The second-order valence-corrected chi connectivity index (χ2v) is 4.97. The maximum Gasteiger partial charge on any atom is 0.332 e. The van der Waals surface area contributed by atoms with Gasteiger partial charge in [0, 0.05) is 28.2 Å². The topological polar surface area (TPSA) is 82.1 Å². The zero-order chi connectivity index (χ0) is 15.2. The number of aryl methyl sites for hydroxylation is 1. The van der Waals surface area contributed by atoms with Crippen LogP contribution in [0.15, 0.2) is 9.59 Å². The van der Waals surface area contributed by atoms with Crippen molar-refractivity contribution in [2.24, 2.45) is 14.1 Å². The fraction of sp³-hybridized carbons (Fsp3) is 0.455. The van der Waals surface area contributed by atoms with Crippen LogP contribution in [0.3, 0.4) is 0 Å². The largest absolute Gasteiger partial charge is 0.347 e. The number of likely N-dealkylation sites (N-methyl/N-ethyl adjacent to an activating group) is 1. The van der Waals surface area contributed by atoms with E-state index >= 15 is 0 Å². The highest BCUT2D eigenvalue weighted by atomic mass is 35.5. The molecule has 0 aromatic carbocycles. The second kappa shape index (κ2) is 4.78. The van der Waals surface area contributed by atoms with Crippen LogP contribution in [0.25, 0.3) is 11.2 Å². The van der Waals surface area contributed by atoms with Gasteiger partial charge in [0.15, 0.2) is 11.2 Å². The molecular formula is C11H14ClN5O3. The van der Waals surface area contributed by atoms with Crippen molar-refractivity contribution >= 4 is 28.7 Å². The molecule has 2 aromatic heterocycles. The van der Waals surface area contributed by atoms with Gasteiger partial charge in [0.05, 0.1) is 0 Å². The summed E-state index contributed by atoms with van der Waals surface area (Å²) in [6.07, 6.45) is 0. The Morgan fingerprint density at radius 3 is 2.40 bits per heavy atom. The fourth-order valence-electron chi connectivity index (χ4n) is 1.84. The third kappa shape index (κ3) is 2.01. The molecule has 1 amide bonds. The molecule has 0 bridgehead atoms. The Balaban J connectivity index is 2.81. The van der Waals surface area contributed by atoms with Crippen LogP contribution >= 0.6 is 11.6 Å². The summed E-state index contributed by atoms with van der Waals surface area (Å²) in [6.45, 7) is -0.115. The van der Waals surface area contributed by atoms with Crippen molar-refractivity contribution in [3.63, 3.8) is 0 Å². The molecule has 9 heteroatoms. The monoisotopic (exact) mass is 299 g/mol. The molecule has 0 aliphatic rings. The number of amides is 1. The van der Waals surface area contributed by atoms with E-state index in [1.54, 1.807) is 14.1 Å². The van der Waals surface area contributed by atoms with E-state index in [0.29, 0.717) is 0 Å². The average molecular weight is 300 g/mol. The highest BCUT2D eigenvalue weighted by Gasteiger charge is 2.20. The van der Waals surface area contributed by atoms with Gasteiger partial charge in [-0.1, -0.05) is 0 Å². The number of hydrogen-bond donors (Lipinski definition) is 0. The smallest absolute Gasteiger partial charge is 0.332 e. The first-order valence-corrected chi connectivity index (χ1v) is 6.15. The summed E-state index contributed by atoms with van der Waals surface area (Å²) in [6, 6.07) is 0. The molecule has 20 heavy (non-hydrogen) atoms. The van der Waals surface area contributed by atoms with Crippen molar-refractivity contribution in [2.45, 2.75) is 6.54 Å². The lowest BCUT2D eigenvalue weighted by atomic mass is 10.4. The molecule has 0 saturated carbocycles. The summed E-state index contributed by atoms with van der Waals surface area (Å²) >= 11 is 5.98. The lowest BCUT2D eigenvalue weighted by Gasteiger charge is -2.11. The van der Waals surface area contributed by atoms with Gasteiger partial charge >= 0.3 is 5.69 Å². The number of aromatic nitrogens is 4. The van der Waals surface area contributed by atoms with Crippen LogP contribution in [0, 0.1) is 0 Å². The third-order valence-electron chi connectivity index (χ3n) is 3.09. The summed E-state index contributed by atoms with van der Waals surface area (Å²) in [5.74, 6) is -0.234. The summed E-state index contributed by atoms with van der Waals surface area (Å²) in [7, 11) is 6.06. The van der Waals surface area contributed by atoms with E-state index in [4.69, 9.17) is 11.6 Å². The van der Waals surface area contributed by atoms with Gasteiger partial charge in [0.25, 0.3) is 5.56 Å². The molecule has 0 spiro atoms. The van der Waals surface area contributed by atoms with Crippen LogP contribution < -0.4 is 11.2 Å². The predicted octanol–water partition coefficient (Wildman–Crippen LogP) is -0.825. The van der Waals surface area contributed by atoms with Crippen molar-refractivity contribution in [2.75, 3.05) is 14.1 Å². The summed E-state index contributed by atoms with van der Waals surface area (Å²) < 4.78 is 3.48. The Kier molecular flexibility index (Phi) is 3.43. The van der Waals surface area contributed by atoms with Crippen molar-refractivity contribution in [1.82, 2.24) is 23.6 Å². The Labute approximate surface area is 118 Å². The highest BCUT2D eigenvalue weighted by Crippen LogP contribution is 2.15. The fourth-order valence-corrected chi connectivity index (χ4v) is 2.07. The van der Waals surface area contributed by atoms with Gasteiger partial charge in [-0.2, -0.15) is 4.98 Å². The van der Waals surface area contributed by atoms with E-state index in [1.165, 1.54) is 28.1 Å². The molecule has 0 aliphatic carbocycles. The summed E-state index contributed by atoms with van der Waals surface area (Å²) in [5, 5.41) is -0.00602. The van der Waals surface area contributed by atoms with E-state index < -0.39 is 11.2 Å². The maximum absolute atomic E-state index is 12.2. The molecule has 0 aliphatic heterocycles. The molecule has 0 radical (unpaired) electrons. The van der Waals surface area contributed by atoms with E-state index in [-0.39, 0.29) is 28.9 Å². The van der Waals surface area contributed by atoms with Gasteiger partial charge in [-0.3, -0.25) is 23.3 Å². The van der Waals surface area contributed by atoms with E-state index in [0.717, 1.165) is 4.57 Å². The van der Waals surface area contributed by atoms with Crippen LogP contribution in [0.4, 0.5) is 0 Å². The minimum atomic E-state index is -0.533. The van der Waals surface area contributed by atoms with Crippen molar-refractivity contribution in [1.29, 1.82) is 0 Å². The van der Waals surface area contributed by atoms with Crippen LogP contribution in [0.5, 0.6) is 0 Å². The van der Waals surface area contributed by atoms with Crippen LogP contribution in [-0.2, 0) is 25.4 Å². The third-order valence-corrected chi connectivity index (χ3v) is 3.38. The van der Waals surface area contributed by atoms with E-state index in [9.17, 15) is 14.4 Å². The Bertz CT molecular complexity index is 814. The minimum Gasteiger partial charge on any atom is -0.347 e. The molecule has 0 N–H and O–H groups in total. The number of rotatable bonds is 2. The summed E-state index contributed by atoms with van der Waals surface area (Å²) in [4.78, 5) is 41.2. The molecule has 2 heterocycles. The molecule has 108 valence electrons.